The third-order valence-corrected chi connectivity index (χ3v) is 3.60. The van der Waals surface area contributed by atoms with Crippen LogP contribution in [0.1, 0.15) is 22.7 Å². The summed E-state index contributed by atoms with van der Waals surface area (Å²) in [4.78, 5) is 0. The highest BCUT2D eigenvalue weighted by Crippen LogP contribution is 2.39. The Hall–Kier alpha value is -0.750. The molecule has 0 saturated carbocycles. The van der Waals surface area contributed by atoms with Gasteiger partial charge in [0.25, 0.3) is 0 Å². The van der Waals surface area contributed by atoms with E-state index < -0.39 is 17.8 Å². The van der Waals surface area contributed by atoms with Gasteiger partial charge >= 0.3 is 6.18 Å². The van der Waals surface area contributed by atoms with Crippen LogP contribution >= 0.6 is 35.3 Å². The van der Waals surface area contributed by atoms with Crippen LogP contribution in [-0.4, -0.2) is 0 Å². The molecule has 0 aliphatic carbocycles. The van der Waals surface area contributed by atoms with Gasteiger partial charge in [0.2, 0.25) is 0 Å². The molecule has 2 rings (SSSR count). The Kier molecular flexibility index (Phi) is 5.26. The third kappa shape index (κ3) is 3.42. The van der Waals surface area contributed by atoms with Crippen molar-refractivity contribution in [2.24, 2.45) is 5.73 Å². The molecule has 1 aromatic heterocycles. The minimum absolute atomic E-state index is 0. The predicted molar refractivity (Wildman–Crippen MR) is 74.1 cm³/mol. The van der Waals surface area contributed by atoms with Gasteiger partial charge in [0, 0.05) is 10.6 Å². The molecule has 1 aromatic carbocycles. The number of nitrogens with two attached hydrogens (primary N) is 1. The zero-order chi connectivity index (χ0) is 13.3. The van der Waals surface area contributed by atoms with Gasteiger partial charge in [0.05, 0.1) is 11.6 Å². The molecule has 2 N–H and O–H groups in total. The summed E-state index contributed by atoms with van der Waals surface area (Å²) in [5, 5.41) is 3.51. The first kappa shape index (κ1) is 16.3. The summed E-state index contributed by atoms with van der Waals surface area (Å²) in [6.45, 7) is 0. The molecular formula is C12H10Cl2F3NS. The molecule has 1 heterocycles. The van der Waals surface area contributed by atoms with Gasteiger partial charge in [-0.05, 0) is 34.5 Å². The summed E-state index contributed by atoms with van der Waals surface area (Å²) in [5.74, 6) is 0. The molecule has 0 aliphatic heterocycles. The molecule has 1 nitrogen and oxygen atoms in total. The summed E-state index contributed by atoms with van der Waals surface area (Å²) in [7, 11) is 0. The van der Waals surface area contributed by atoms with Gasteiger partial charge in [-0.25, -0.2) is 0 Å². The lowest BCUT2D eigenvalue weighted by atomic mass is 9.96. The second kappa shape index (κ2) is 6.13. The summed E-state index contributed by atoms with van der Waals surface area (Å²) < 4.78 is 38.8. The van der Waals surface area contributed by atoms with Crippen LogP contribution in [0.4, 0.5) is 13.2 Å². The minimum atomic E-state index is -4.46. The molecule has 19 heavy (non-hydrogen) atoms. The maximum atomic E-state index is 12.9. The highest BCUT2D eigenvalue weighted by molar-refractivity contribution is 7.08. The maximum absolute atomic E-state index is 12.9. The number of halogens is 5. The summed E-state index contributed by atoms with van der Waals surface area (Å²) in [5.41, 5.74) is 5.64. The summed E-state index contributed by atoms with van der Waals surface area (Å²) in [6, 6.07) is 4.50. The topological polar surface area (TPSA) is 26.0 Å². The lowest BCUT2D eigenvalue weighted by molar-refractivity contribution is -0.138. The zero-order valence-electron chi connectivity index (χ0n) is 9.45. The van der Waals surface area contributed by atoms with E-state index in [1.54, 1.807) is 16.8 Å². The Bertz CT molecular complexity index is 540. The molecule has 0 spiro atoms. The van der Waals surface area contributed by atoms with Gasteiger partial charge in [-0.2, -0.15) is 24.5 Å². The Labute approximate surface area is 123 Å². The number of alkyl halides is 3. The maximum Gasteiger partial charge on any atom is 0.416 e. The smallest absolute Gasteiger partial charge is 0.320 e. The molecule has 0 amide bonds. The van der Waals surface area contributed by atoms with Gasteiger partial charge in [0.1, 0.15) is 0 Å². The standard InChI is InChI=1S/C12H9ClF3NS.ClH/c13-9-3-1-2-8(12(14,15)16)10(9)11(17)7-4-5-18-6-7;/h1-6,11H,17H2;1H/t11-;/m1./s1. The van der Waals surface area contributed by atoms with Gasteiger partial charge < -0.3 is 5.73 Å². The fraction of sp³-hybridized carbons (Fsp3) is 0.167. The molecule has 0 unspecified atom stereocenters. The molecule has 0 bridgehead atoms. The fourth-order valence-electron chi connectivity index (χ4n) is 1.72. The average molecular weight is 328 g/mol. The van der Waals surface area contributed by atoms with Gasteiger partial charge in [-0.15, -0.1) is 12.4 Å². The Morgan fingerprint density at radius 1 is 1.21 bits per heavy atom. The number of hydrogen-bond donors (Lipinski definition) is 1. The largest absolute Gasteiger partial charge is 0.416 e. The van der Waals surface area contributed by atoms with Crippen molar-refractivity contribution < 1.29 is 13.2 Å². The van der Waals surface area contributed by atoms with E-state index in [0.29, 0.717) is 5.56 Å². The molecular weight excluding hydrogens is 318 g/mol. The first-order valence-corrected chi connectivity index (χ1v) is 6.36. The van der Waals surface area contributed by atoms with E-state index in [0.717, 1.165) is 6.07 Å². The van der Waals surface area contributed by atoms with Gasteiger partial charge in [-0.3, -0.25) is 0 Å². The molecule has 7 heteroatoms. The molecule has 0 fully saturated rings. The van der Waals surface area contributed by atoms with Crippen molar-refractivity contribution in [3.63, 3.8) is 0 Å². The lowest BCUT2D eigenvalue weighted by Crippen LogP contribution is -2.18. The average Bonchev–Trinajstić information content (AvgIpc) is 2.80. The third-order valence-electron chi connectivity index (χ3n) is 2.57. The molecule has 104 valence electrons. The summed E-state index contributed by atoms with van der Waals surface area (Å²) >= 11 is 7.25. The lowest BCUT2D eigenvalue weighted by Gasteiger charge is -2.19. The number of benzene rings is 1. The highest BCUT2D eigenvalue weighted by atomic mass is 35.5. The number of hydrogen-bond acceptors (Lipinski definition) is 2. The van der Waals surface area contributed by atoms with Crippen molar-refractivity contribution in [3.05, 3.63) is 56.7 Å². The van der Waals surface area contributed by atoms with Crippen LogP contribution in [0.15, 0.2) is 35.0 Å². The highest BCUT2D eigenvalue weighted by Gasteiger charge is 2.35. The molecule has 1 atom stereocenters. The second-order valence-electron chi connectivity index (χ2n) is 3.73. The second-order valence-corrected chi connectivity index (χ2v) is 4.92. The Morgan fingerprint density at radius 2 is 1.89 bits per heavy atom. The van der Waals surface area contributed by atoms with Gasteiger partial charge in [-0.1, -0.05) is 17.7 Å². The van der Waals surface area contributed by atoms with E-state index in [2.05, 4.69) is 0 Å². The van der Waals surface area contributed by atoms with Crippen LogP contribution < -0.4 is 5.73 Å². The number of thiophene rings is 1. The van der Waals surface area contributed by atoms with Crippen molar-refractivity contribution in [2.75, 3.05) is 0 Å². The number of rotatable bonds is 2. The van der Waals surface area contributed by atoms with Crippen LogP contribution in [0.25, 0.3) is 0 Å². The van der Waals surface area contributed by atoms with Crippen molar-refractivity contribution in [1.82, 2.24) is 0 Å². The van der Waals surface area contributed by atoms with E-state index in [1.165, 1.54) is 23.5 Å². The van der Waals surface area contributed by atoms with Crippen molar-refractivity contribution >= 4 is 35.3 Å². The van der Waals surface area contributed by atoms with Crippen molar-refractivity contribution in [3.8, 4) is 0 Å². The van der Waals surface area contributed by atoms with Crippen LogP contribution in [0, 0.1) is 0 Å². The summed E-state index contributed by atoms with van der Waals surface area (Å²) in [6.07, 6.45) is -4.46. The first-order valence-electron chi connectivity index (χ1n) is 5.04. The van der Waals surface area contributed by atoms with Crippen LogP contribution in [-0.2, 0) is 6.18 Å². The first-order chi connectivity index (χ1) is 8.41. The zero-order valence-corrected chi connectivity index (χ0v) is 11.8. The molecule has 0 radical (unpaired) electrons. The minimum Gasteiger partial charge on any atom is -0.320 e. The van der Waals surface area contributed by atoms with E-state index in [-0.39, 0.29) is 23.0 Å². The van der Waals surface area contributed by atoms with E-state index in [9.17, 15) is 13.2 Å². The van der Waals surface area contributed by atoms with Crippen molar-refractivity contribution in [1.29, 1.82) is 0 Å². The Balaban J connectivity index is 0.00000180. The fourth-order valence-corrected chi connectivity index (χ4v) is 2.71. The molecule has 2 aromatic rings. The van der Waals surface area contributed by atoms with Crippen LogP contribution in [0.5, 0.6) is 0 Å². The quantitative estimate of drug-likeness (QED) is 0.834. The monoisotopic (exact) mass is 327 g/mol. The Morgan fingerprint density at radius 3 is 2.42 bits per heavy atom. The molecule has 0 aliphatic rings. The molecule has 0 saturated heterocycles. The predicted octanol–water partition coefficient (Wildman–Crippen LogP) is 4.89. The van der Waals surface area contributed by atoms with Crippen molar-refractivity contribution in [2.45, 2.75) is 12.2 Å². The van der Waals surface area contributed by atoms with E-state index >= 15 is 0 Å². The van der Waals surface area contributed by atoms with E-state index in [1.807, 2.05) is 0 Å². The SMILES string of the molecule is Cl.N[C@H](c1ccsc1)c1c(Cl)cccc1C(F)(F)F. The normalized spacial score (nSPS) is 12.9. The van der Waals surface area contributed by atoms with E-state index in [4.69, 9.17) is 17.3 Å². The van der Waals surface area contributed by atoms with Crippen LogP contribution in [0.2, 0.25) is 5.02 Å². The van der Waals surface area contributed by atoms with Crippen LogP contribution in [0.3, 0.4) is 0 Å². The van der Waals surface area contributed by atoms with Gasteiger partial charge in [0.15, 0.2) is 0 Å².